The van der Waals surface area contributed by atoms with E-state index >= 15 is 0 Å². The molecule has 3 heteroatoms. The molecule has 0 N–H and O–H groups in total. The summed E-state index contributed by atoms with van der Waals surface area (Å²) < 4.78 is 0. The molecule has 0 unspecified atom stereocenters. The summed E-state index contributed by atoms with van der Waals surface area (Å²) in [6, 6.07) is 8.63. The van der Waals surface area contributed by atoms with E-state index in [0.717, 1.165) is 4.90 Å². The molecule has 0 bridgehead atoms. The van der Waals surface area contributed by atoms with Crippen LogP contribution >= 0.6 is 12.6 Å². The van der Waals surface area contributed by atoms with E-state index in [1.807, 2.05) is 12.1 Å². The number of benzene rings is 1. The quantitative estimate of drug-likeness (QED) is 0.550. The van der Waals surface area contributed by atoms with Crippen molar-refractivity contribution in [3.8, 4) is 0 Å². The van der Waals surface area contributed by atoms with Crippen LogP contribution in [0.4, 0.5) is 0 Å². The molecule has 1 radical (unpaired) electrons. The van der Waals surface area contributed by atoms with Crippen molar-refractivity contribution in [3.63, 3.8) is 0 Å². The maximum atomic E-state index is 4.41. The predicted molar refractivity (Wildman–Crippen MR) is 61.6 cm³/mol. The van der Waals surface area contributed by atoms with Crippen molar-refractivity contribution < 1.29 is 0 Å². The van der Waals surface area contributed by atoms with Crippen molar-refractivity contribution in [1.29, 1.82) is 0 Å². The Morgan fingerprint density at radius 1 is 1.23 bits per heavy atom. The third-order valence-corrected chi connectivity index (χ3v) is 2.57. The van der Waals surface area contributed by atoms with E-state index in [9.17, 15) is 0 Å². The molecule has 1 rings (SSSR count). The molecule has 1 aromatic carbocycles. The fourth-order valence-corrected chi connectivity index (χ4v) is 1.47. The zero-order valence-corrected chi connectivity index (χ0v) is 9.68. The number of nitrogens with zero attached hydrogens (tertiary/aromatic N) is 1. The Hall–Kier alpha value is 0.127. The Labute approximate surface area is 98.1 Å². The van der Waals surface area contributed by atoms with Gasteiger partial charge in [-0.1, -0.05) is 18.2 Å². The van der Waals surface area contributed by atoms with Gasteiger partial charge in [-0.2, -0.15) is 0 Å². The van der Waals surface area contributed by atoms with Crippen LogP contribution < -0.4 is 0 Å². The summed E-state index contributed by atoms with van der Waals surface area (Å²) in [7, 11) is 4.15. The first kappa shape index (κ1) is 13.1. The van der Waals surface area contributed by atoms with Crippen molar-refractivity contribution in [2.45, 2.75) is 17.9 Å². The van der Waals surface area contributed by atoms with E-state index in [2.05, 4.69) is 50.7 Å². The molecule has 0 saturated carbocycles. The Bertz CT molecular complexity index is 263. The van der Waals surface area contributed by atoms with Crippen LogP contribution in [0.3, 0.4) is 0 Å². The first-order valence-corrected chi connectivity index (χ1v) is 4.52. The summed E-state index contributed by atoms with van der Waals surface area (Å²) in [5.41, 5.74) is 1.28. The van der Waals surface area contributed by atoms with Crippen molar-refractivity contribution >= 4 is 31.5 Å². The molecule has 1 atom stereocenters. The largest absolute Gasteiger partial charge is 0.303 e. The van der Waals surface area contributed by atoms with Crippen LogP contribution in [0.1, 0.15) is 18.5 Å². The number of hydrogen-bond acceptors (Lipinski definition) is 2. The van der Waals surface area contributed by atoms with Crippen molar-refractivity contribution in [1.82, 2.24) is 4.90 Å². The topological polar surface area (TPSA) is 3.24 Å². The van der Waals surface area contributed by atoms with E-state index in [4.69, 9.17) is 0 Å². The molecular formula is C10H15LiNS. The van der Waals surface area contributed by atoms with E-state index in [1.165, 1.54) is 5.56 Å². The minimum absolute atomic E-state index is 0. The van der Waals surface area contributed by atoms with E-state index < -0.39 is 0 Å². The zero-order valence-electron chi connectivity index (χ0n) is 8.78. The minimum atomic E-state index is 0. The molecule has 0 spiro atoms. The molecule has 0 aromatic heterocycles. The van der Waals surface area contributed by atoms with Gasteiger partial charge in [0.05, 0.1) is 0 Å². The van der Waals surface area contributed by atoms with E-state index in [1.54, 1.807) is 0 Å². The van der Waals surface area contributed by atoms with Gasteiger partial charge in [0.15, 0.2) is 0 Å². The summed E-state index contributed by atoms with van der Waals surface area (Å²) in [6.45, 7) is 2.18. The fraction of sp³-hybridized carbons (Fsp3) is 0.400. The Kier molecular flexibility index (Phi) is 5.83. The number of thiol groups is 1. The first-order valence-electron chi connectivity index (χ1n) is 4.07. The van der Waals surface area contributed by atoms with Crippen LogP contribution in [0.5, 0.6) is 0 Å². The van der Waals surface area contributed by atoms with E-state index in [0.29, 0.717) is 6.04 Å². The molecule has 13 heavy (non-hydrogen) atoms. The van der Waals surface area contributed by atoms with Crippen LogP contribution in [-0.4, -0.2) is 37.9 Å². The van der Waals surface area contributed by atoms with Gasteiger partial charge >= 0.3 is 0 Å². The van der Waals surface area contributed by atoms with Gasteiger partial charge in [0.2, 0.25) is 0 Å². The van der Waals surface area contributed by atoms with Gasteiger partial charge in [0, 0.05) is 29.8 Å². The summed E-state index contributed by atoms with van der Waals surface area (Å²) in [5, 5.41) is 0. The minimum Gasteiger partial charge on any atom is -0.303 e. The second-order valence-corrected chi connectivity index (χ2v) is 3.68. The normalized spacial score (nSPS) is 12.4. The summed E-state index contributed by atoms with van der Waals surface area (Å²) in [4.78, 5) is 3.24. The van der Waals surface area contributed by atoms with Crippen LogP contribution in [0, 0.1) is 0 Å². The van der Waals surface area contributed by atoms with Crippen LogP contribution in [0.15, 0.2) is 29.2 Å². The van der Waals surface area contributed by atoms with Crippen LogP contribution in [0.25, 0.3) is 0 Å². The average Bonchev–Trinajstić information content (AvgIpc) is 2.04. The molecule has 0 aliphatic heterocycles. The molecule has 1 nitrogen and oxygen atoms in total. The summed E-state index contributed by atoms with van der Waals surface area (Å²) in [6.07, 6.45) is 0. The molecule has 67 valence electrons. The van der Waals surface area contributed by atoms with Gasteiger partial charge in [-0.05, 0) is 32.6 Å². The van der Waals surface area contributed by atoms with Gasteiger partial charge in [-0.3, -0.25) is 0 Å². The van der Waals surface area contributed by atoms with Gasteiger partial charge in [-0.15, -0.1) is 12.6 Å². The summed E-state index contributed by atoms with van der Waals surface area (Å²) >= 11 is 4.41. The standard InChI is InChI=1S/C10H15NS.Li/c1-8(11(2)3)9-6-4-5-7-10(9)12;/h4-8,12H,1-3H3;/t8-;/m1./s1. The molecule has 0 aliphatic carbocycles. The fourth-order valence-electron chi connectivity index (χ4n) is 1.12. The maximum Gasteiger partial charge on any atom is 0.0324 e. The van der Waals surface area contributed by atoms with Gasteiger partial charge in [0.25, 0.3) is 0 Å². The third-order valence-electron chi connectivity index (χ3n) is 2.16. The van der Waals surface area contributed by atoms with Gasteiger partial charge < -0.3 is 4.90 Å². The molecule has 0 saturated heterocycles. The molecule has 0 fully saturated rings. The molecule has 1 aromatic rings. The first-order chi connectivity index (χ1) is 5.63. The molecule has 0 aliphatic rings. The van der Waals surface area contributed by atoms with E-state index in [-0.39, 0.29) is 18.9 Å². The predicted octanol–water partition coefficient (Wildman–Crippen LogP) is 2.22. The second kappa shape index (κ2) is 5.77. The molecule has 0 amide bonds. The maximum absolute atomic E-state index is 4.41. The van der Waals surface area contributed by atoms with Gasteiger partial charge in [0.1, 0.15) is 0 Å². The smallest absolute Gasteiger partial charge is 0.0324 e. The Morgan fingerprint density at radius 3 is 2.23 bits per heavy atom. The third kappa shape index (κ3) is 3.40. The van der Waals surface area contributed by atoms with Crippen molar-refractivity contribution in [2.75, 3.05) is 14.1 Å². The zero-order chi connectivity index (χ0) is 9.14. The number of rotatable bonds is 2. The summed E-state index contributed by atoms with van der Waals surface area (Å²) in [5.74, 6) is 0. The van der Waals surface area contributed by atoms with Crippen LogP contribution in [0.2, 0.25) is 0 Å². The Balaban J connectivity index is 0.00000144. The van der Waals surface area contributed by atoms with Gasteiger partial charge in [-0.25, -0.2) is 0 Å². The molecular weight excluding hydrogens is 173 g/mol. The molecule has 0 heterocycles. The monoisotopic (exact) mass is 188 g/mol. The van der Waals surface area contributed by atoms with Crippen LogP contribution in [-0.2, 0) is 0 Å². The second-order valence-electron chi connectivity index (χ2n) is 3.20. The van der Waals surface area contributed by atoms with Crippen molar-refractivity contribution in [3.05, 3.63) is 29.8 Å². The average molecular weight is 188 g/mol. The number of hydrogen-bond donors (Lipinski definition) is 1. The van der Waals surface area contributed by atoms with Crippen molar-refractivity contribution in [2.24, 2.45) is 0 Å². The Morgan fingerprint density at radius 2 is 1.77 bits per heavy atom. The SMILES string of the molecule is C[C@H](c1ccccc1S)N(C)C.[Li].